The van der Waals surface area contributed by atoms with E-state index in [9.17, 15) is 74.7 Å². The minimum absolute atomic E-state index is 0. The molecule has 3 aromatic rings. The van der Waals surface area contributed by atoms with E-state index in [2.05, 4.69) is 16.0 Å². The Kier molecular flexibility index (Phi) is 19.7. The van der Waals surface area contributed by atoms with Gasteiger partial charge >= 0.3 is 39.9 Å². The SMILES string of the molecule is O=C(NCCN(CCNC(=O)c1c([O-])c(=O)ccn1CC(O)CO)CCNC(=O)c1c([O-])c(=O)ccn1CC(O)CO)c1c([O-])c(=O)ccn1CC(O)CO.[Gd+3]. The molecule has 307 valence electrons. The standard InChI is InChI=1S/C33H45N7O15.Gd/c41-16-19(44)13-38-7-1-22(47)28(50)25(38)31(53)34-4-10-37(11-5-35-32(54)26-29(51)23(48)2-8-39(26)14-20(45)17-42)12-6-36-33(55)27-30(52)24(49)3-9-40(27)15-21(46)18-43;/h1-3,7-9,19-21,41-46,50-52H,4-6,10-18H2,(H,34,53)(H,35,54)(H,36,55);/q;+3/p-3. The number of aliphatic hydroxyl groups excluding tert-OH is 6. The summed E-state index contributed by atoms with van der Waals surface area (Å²) in [5, 5.41) is 102. The van der Waals surface area contributed by atoms with E-state index in [1.807, 2.05) is 0 Å². The zero-order valence-electron chi connectivity index (χ0n) is 29.7. The van der Waals surface area contributed by atoms with E-state index in [0.29, 0.717) is 0 Å². The predicted octanol–water partition coefficient (Wildman–Crippen LogP) is -7.66. The van der Waals surface area contributed by atoms with Gasteiger partial charge in [0.15, 0.2) is 16.3 Å². The quantitative estimate of drug-likeness (QED) is 0.0479. The average Bonchev–Trinajstić information content (AvgIpc) is 3.15. The molecule has 3 unspecified atom stereocenters. The largest absolute Gasteiger partial charge is 3.00 e. The molecule has 0 fully saturated rings. The fourth-order valence-electron chi connectivity index (χ4n) is 5.25. The number of aromatic nitrogens is 3. The molecule has 22 nitrogen and oxygen atoms in total. The molecule has 3 rings (SSSR count). The Morgan fingerprint density at radius 1 is 0.554 bits per heavy atom. The van der Waals surface area contributed by atoms with Gasteiger partial charge in [-0.25, -0.2) is 0 Å². The van der Waals surface area contributed by atoms with Crippen molar-refractivity contribution in [2.24, 2.45) is 0 Å². The number of hydrogen-bond acceptors (Lipinski definition) is 16. The van der Waals surface area contributed by atoms with Crippen molar-refractivity contribution in [2.75, 3.05) is 59.1 Å². The minimum Gasteiger partial charge on any atom is -0.868 e. The molecule has 3 aromatic heterocycles. The minimum atomic E-state index is -1.36. The van der Waals surface area contributed by atoms with Gasteiger partial charge in [0, 0.05) is 76.1 Å². The summed E-state index contributed by atoms with van der Waals surface area (Å²) in [5.74, 6) is -6.50. The van der Waals surface area contributed by atoms with Gasteiger partial charge in [0.05, 0.1) is 57.8 Å². The number of carbonyl (C=O) groups excluding carboxylic acids is 3. The fourth-order valence-corrected chi connectivity index (χ4v) is 5.25. The fraction of sp³-hybridized carbons (Fsp3) is 0.455. The number of nitrogens with one attached hydrogen (secondary N) is 3. The second-order valence-electron chi connectivity index (χ2n) is 12.1. The molecule has 0 spiro atoms. The Morgan fingerprint density at radius 3 is 1.04 bits per heavy atom. The van der Waals surface area contributed by atoms with Crippen LogP contribution in [0.5, 0.6) is 17.2 Å². The Balaban J connectivity index is 0.0000108. The van der Waals surface area contributed by atoms with E-state index in [0.717, 1.165) is 50.5 Å². The summed E-state index contributed by atoms with van der Waals surface area (Å²) >= 11 is 0. The van der Waals surface area contributed by atoms with E-state index < -0.39 is 126 Å². The van der Waals surface area contributed by atoms with Gasteiger partial charge in [-0.15, -0.1) is 0 Å². The van der Waals surface area contributed by atoms with Crippen LogP contribution in [0.3, 0.4) is 0 Å². The topological polar surface area (TPSA) is 347 Å². The van der Waals surface area contributed by atoms with Crippen LogP contribution in [-0.4, -0.2) is 144 Å². The first-order valence-corrected chi connectivity index (χ1v) is 16.8. The van der Waals surface area contributed by atoms with Crippen LogP contribution in [0.1, 0.15) is 31.5 Å². The number of hydrogen-bond donors (Lipinski definition) is 9. The molecular formula is C33H42GdN7O15. The number of nitrogens with zero attached hydrogens (tertiary/aromatic N) is 4. The van der Waals surface area contributed by atoms with Gasteiger partial charge in [-0.05, 0) is 17.2 Å². The second-order valence-corrected chi connectivity index (χ2v) is 12.1. The van der Waals surface area contributed by atoms with E-state index in [1.54, 1.807) is 4.90 Å². The van der Waals surface area contributed by atoms with E-state index in [-0.39, 0.29) is 79.2 Å². The molecule has 9 N–H and O–H groups in total. The van der Waals surface area contributed by atoms with Crippen LogP contribution in [0, 0.1) is 39.9 Å². The molecular weight excluding hydrogens is 892 g/mol. The zero-order chi connectivity index (χ0) is 40.8. The van der Waals surface area contributed by atoms with Crippen molar-refractivity contribution in [1.82, 2.24) is 34.6 Å². The van der Waals surface area contributed by atoms with Crippen LogP contribution in [-0.2, 0) is 19.6 Å². The molecule has 0 saturated heterocycles. The van der Waals surface area contributed by atoms with Crippen LogP contribution in [0.2, 0.25) is 0 Å². The van der Waals surface area contributed by atoms with Crippen molar-refractivity contribution in [3.05, 3.63) is 84.5 Å². The zero-order valence-corrected chi connectivity index (χ0v) is 31.9. The molecule has 56 heavy (non-hydrogen) atoms. The van der Waals surface area contributed by atoms with Crippen molar-refractivity contribution in [3.63, 3.8) is 0 Å². The Morgan fingerprint density at radius 2 is 0.804 bits per heavy atom. The van der Waals surface area contributed by atoms with Gasteiger partial charge in [-0.3, -0.25) is 33.7 Å². The van der Waals surface area contributed by atoms with Gasteiger partial charge in [-0.2, -0.15) is 0 Å². The monoisotopic (exact) mass is 934 g/mol. The van der Waals surface area contributed by atoms with Crippen molar-refractivity contribution < 1.29 is 100 Å². The molecule has 3 atom stereocenters. The average molecular weight is 934 g/mol. The van der Waals surface area contributed by atoms with Crippen molar-refractivity contribution >= 4 is 17.7 Å². The van der Waals surface area contributed by atoms with E-state index in [1.165, 1.54) is 0 Å². The molecule has 0 saturated carbocycles. The molecule has 23 heteroatoms. The molecule has 3 heterocycles. The molecule has 3 amide bonds. The Hall–Kier alpha value is -4.30. The van der Waals surface area contributed by atoms with Gasteiger partial charge < -0.3 is 75.6 Å². The summed E-state index contributed by atoms with van der Waals surface area (Å²) in [6, 6.07) is 2.69. The van der Waals surface area contributed by atoms with Crippen molar-refractivity contribution in [3.8, 4) is 17.2 Å². The third kappa shape index (κ3) is 13.1. The summed E-state index contributed by atoms with van der Waals surface area (Å²) in [5.41, 5.74) is -4.85. The molecule has 0 aliphatic carbocycles. The number of pyridine rings is 3. The first-order chi connectivity index (χ1) is 26.1. The van der Waals surface area contributed by atoms with Gasteiger partial charge in [-0.1, -0.05) is 0 Å². The van der Waals surface area contributed by atoms with E-state index >= 15 is 0 Å². The maximum atomic E-state index is 13.1. The van der Waals surface area contributed by atoms with Gasteiger partial charge in [0.2, 0.25) is 0 Å². The van der Waals surface area contributed by atoms with Gasteiger partial charge in [0.1, 0.15) is 17.1 Å². The van der Waals surface area contributed by atoms with Crippen LogP contribution >= 0.6 is 0 Å². The molecule has 0 aliphatic rings. The Bertz CT molecular complexity index is 1760. The summed E-state index contributed by atoms with van der Waals surface area (Å²) in [6.45, 7) is -4.07. The van der Waals surface area contributed by atoms with Crippen molar-refractivity contribution in [1.29, 1.82) is 0 Å². The van der Waals surface area contributed by atoms with Gasteiger partial charge in [0.25, 0.3) is 17.7 Å². The predicted molar refractivity (Wildman–Crippen MR) is 183 cm³/mol. The normalized spacial score (nSPS) is 12.7. The maximum absolute atomic E-state index is 13.1. The third-order valence-corrected chi connectivity index (χ3v) is 8.04. The number of carbonyl (C=O) groups is 3. The van der Waals surface area contributed by atoms with Crippen LogP contribution in [0.25, 0.3) is 0 Å². The summed E-state index contributed by atoms with van der Waals surface area (Å²) in [6.07, 6.45) is -0.781. The molecule has 0 bridgehead atoms. The third-order valence-electron chi connectivity index (χ3n) is 8.04. The number of aliphatic hydroxyl groups is 6. The van der Waals surface area contributed by atoms with Crippen molar-refractivity contribution in [2.45, 2.75) is 37.9 Å². The second kappa shape index (κ2) is 23.1. The smallest absolute Gasteiger partial charge is 0.868 e. The first-order valence-electron chi connectivity index (χ1n) is 16.8. The Labute approximate surface area is 349 Å². The summed E-state index contributed by atoms with van der Waals surface area (Å²) < 4.78 is 3.01. The molecule has 0 aliphatic heterocycles. The molecule has 1 radical (unpaired) electrons. The summed E-state index contributed by atoms with van der Waals surface area (Å²) in [4.78, 5) is 76.8. The number of rotatable bonds is 21. The van der Waals surface area contributed by atoms with Crippen LogP contribution < -0.4 is 47.6 Å². The first kappa shape index (κ1) is 47.9. The molecule has 0 aromatic carbocycles. The van der Waals surface area contributed by atoms with E-state index in [4.69, 9.17) is 0 Å². The maximum Gasteiger partial charge on any atom is 3.00 e. The summed E-state index contributed by atoms with van der Waals surface area (Å²) in [7, 11) is 0. The van der Waals surface area contributed by atoms with Crippen LogP contribution in [0.15, 0.2) is 51.2 Å². The van der Waals surface area contributed by atoms with Crippen LogP contribution in [0.4, 0.5) is 0 Å². The number of amides is 3.